The van der Waals surface area contributed by atoms with E-state index in [9.17, 15) is 9.59 Å². The first-order valence-electron chi connectivity index (χ1n) is 11.3. The van der Waals surface area contributed by atoms with Crippen molar-refractivity contribution in [3.63, 3.8) is 0 Å². The van der Waals surface area contributed by atoms with E-state index in [4.69, 9.17) is 9.47 Å². The minimum absolute atomic E-state index is 0.0613. The van der Waals surface area contributed by atoms with E-state index in [1.165, 1.54) is 5.56 Å². The number of fused-ring (bicyclic) bond motifs is 1. The number of ether oxygens (including phenoxy) is 2. The number of amides is 2. The topological polar surface area (TPSA) is 71.1 Å². The van der Waals surface area contributed by atoms with Gasteiger partial charge in [-0.3, -0.25) is 9.59 Å². The Bertz CT molecular complexity index is 940. The number of carbonyl (C=O) groups excluding carboxylic acids is 2. The number of nitrogens with zero attached hydrogens (tertiary/aromatic N) is 2. The van der Waals surface area contributed by atoms with Crippen molar-refractivity contribution in [1.29, 1.82) is 0 Å². The van der Waals surface area contributed by atoms with Gasteiger partial charge in [-0.05, 0) is 42.2 Å². The largest absolute Gasteiger partial charge is 0.477 e. The molecule has 2 atom stereocenters. The molecule has 4 rings (SSSR count). The smallest absolute Gasteiger partial charge is 0.265 e. The van der Waals surface area contributed by atoms with Gasteiger partial charge in [0.05, 0.1) is 32.0 Å². The summed E-state index contributed by atoms with van der Waals surface area (Å²) in [5.74, 6) is 0.922. The van der Waals surface area contributed by atoms with Gasteiger partial charge in [-0.15, -0.1) is 0 Å². The first kappa shape index (κ1) is 22.1. The highest BCUT2D eigenvalue weighted by Gasteiger charge is 2.34. The van der Waals surface area contributed by atoms with E-state index in [0.717, 1.165) is 17.8 Å². The zero-order valence-corrected chi connectivity index (χ0v) is 18.8. The number of para-hydroxylation sites is 2. The number of hydrogen-bond donors (Lipinski definition) is 1. The maximum Gasteiger partial charge on any atom is 0.265 e. The maximum absolute atomic E-state index is 13.0. The SMILES string of the molecule is CC[C@@H](C)c1ccc(NC(=O)CN2C[C@@H](C(=O)N3CCOCC3)Oc3ccccc32)cc1. The molecule has 0 aromatic heterocycles. The number of nitrogens with one attached hydrogen (secondary N) is 1. The molecule has 32 heavy (non-hydrogen) atoms. The summed E-state index contributed by atoms with van der Waals surface area (Å²) < 4.78 is 11.4. The van der Waals surface area contributed by atoms with E-state index in [2.05, 4.69) is 31.3 Å². The zero-order chi connectivity index (χ0) is 22.5. The molecular formula is C25H31N3O4. The third-order valence-corrected chi connectivity index (χ3v) is 6.17. The van der Waals surface area contributed by atoms with Crippen molar-refractivity contribution < 1.29 is 19.1 Å². The highest BCUT2D eigenvalue weighted by Crippen LogP contribution is 2.33. The maximum atomic E-state index is 13.0. The Morgan fingerprint density at radius 1 is 1.09 bits per heavy atom. The van der Waals surface area contributed by atoms with Crippen molar-refractivity contribution in [2.45, 2.75) is 32.3 Å². The van der Waals surface area contributed by atoms with Gasteiger partial charge in [0.2, 0.25) is 5.91 Å². The standard InChI is InChI=1S/C25H31N3O4/c1-3-18(2)19-8-10-20(11-9-19)26-24(29)17-28-16-23(25(30)27-12-14-31-15-13-27)32-22-7-5-4-6-21(22)28/h4-11,18,23H,3,12-17H2,1-2H3,(H,26,29)/t18-,23+/m1/s1. The van der Waals surface area contributed by atoms with Crippen molar-refractivity contribution >= 4 is 23.2 Å². The quantitative estimate of drug-likeness (QED) is 0.751. The molecule has 1 N–H and O–H groups in total. The Morgan fingerprint density at radius 2 is 1.81 bits per heavy atom. The van der Waals surface area contributed by atoms with Crippen LogP contribution in [0.25, 0.3) is 0 Å². The molecule has 2 aromatic rings. The van der Waals surface area contributed by atoms with Gasteiger partial charge in [0.25, 0.3) is 5.91 Å². The number of hydrogen-bond acceptors (Lipinski definition) is 5. The highest BCUT2D eigenvalue weighted by molar-refractivity contribution is 5.95. The molecule has 0 aliphatic carbocycles. The highest BCUT2D eigenvalue weighted by atomic mass is 16.5. The van der Waals surface area contributed by atoms with Crippen LogP contribution in [0.2, 0.25) is 0 Å². The molecule has 2 aliphatic rings. The van der Waals surface area contributed by atoms with Crippen LogP contribution in [0.5, 0.6) is 5.75 Å². The lowest BCUT2D eigenvalue weighted by molar-refractivity contribution is -0.142. The molecule has 1 saturated heterocycles. The lowest BCUT2D eigenvalue weighted by Gasteiger charge is -2.38. The molecule has 2 heterocycles. The first-order chi connectivity index (χ1) is 15.5. The number of morpholine rings is 1. The molecule has 0 radical (unpaired) electrons. The van der Waals surface area contributed by atoms with Gasteiger partial charge >= 0.3 is 0 Å². The van der Waals surface area contributed by atoms with Crippen LogP contribution in [0.1, 0.15) is 31.7 Å². The van der Waals surface area contributed by atoms with E-state index >= 15 is 0 Å². The summed E-state index contributed by atoms with van der Waals surface area (Å²) in [6.07, 6.45) is 0.428. The van der Waals surface area contributed by atoms with Gasteiger partial charge in [-0.25, -0.2) is 0 Å². The summed E-state index contributed by atoms with van der Waals surface area (Å²) in [4.78, 5) is 29.6. The van der Waals surface area contributed by atoms with Crippen molar-refractivity contribution in [3.8, 4) is 5.75 Å². The zero-order valence-electron chi connectivity index (χ0n) is 18.8. The molecule has 2 amide bonds. The predicted molar refractivity (Wildman–Crippen MR) is 124 cm³/mol. The minimum Gasteiger partial charge on any atom is -0.477 e. The molecule has 7 nitrogen and oxygen atoms in total. The summed E-state index contributed by atoms with van der Waals surface area (Å²) in [6.45, 7) is 7.03. The molecule has 0 unspecified atom stereocenters. The molecule has 7 heteroatoms. The van der Waals surface area contributed by atoms with Gasteiger partial charge in [-0.2, -0.15) is 0 Å². The summed E-state index contributed by atoms with van der Waals surface area (Å²) in [5, 5.41) is 2.98. The van der Waals surface area contributed by atoms with Crippen LogP contribution in [-0.4, -0.2) is 62.2 Å². The van der Waals surface area contributed by atoms with E-state index in [-0.39, 0.29) is 18.4 Å². The fourth-order valence-electron chi connectivity index (χ4n) is 4.08. The average molecular weight is 438 g/mol. The fourth-order valence-corrected chi connectivity index (χ4v) is 4.08. The van der Waals surface area contributed by atoms with Crippen molar-refractivity contribution in [3.05, 3.63) is 54.1 Å². The minimum atomic E-state index is -0.648. The fraction of sp³-hybridized carbons (Fsp3) is 0.440. The molecule has 2 aliphatic heterocycles. The second kappa shape index (κ2) is 10.0. The number of rotatable bonds is 6. The van der Waals surface area contributed by atoms with Crippen LogP contribution < -0.4 is 15.0 Å². The van der Waals surface area contributed by atoms with Crippen molar-refractivity contribution in [2.75, 3.05) is 49.6 Å². The second-order valence-electron chi connectivity index (χ2n) is 8.37. The van der Waals surface area contributed by atoms with Gasteiger partial charge in [0.1, 0.15) is 5.75 Å². The third kappa shape index (κ3) is 5.05. The van der Waals surface area contributed by atoms with Crippen LogP contribution in [-0.2, 0) is 14.3 Å². The van der Waals surface area contributed by atoms with Crippen LogP contribution in [0.4, 0.5) is 11.4 Å². The van der Waals surface area contributed by atoms with Gasteiger partial charge < -0.3 is 24.6 Å². The molecule has 0 bridgehead atoms. The molecule has 1 fully saturated rings. The molecule has 0 saturated carbocycles. The number of carbonyl (C=O) groups is 2. The Hall–Kier alpha value is -3.06. The van der Waals surface area contributed by atoms with Crippen LogP contribution in [0, 0.1) is 0 Å². The van der Waals surface area contributed by atoms with E-state index in [0.29, 0.717) is 44.5 Å². The molecule has 0 spiro atoms. The Kier molecular flexibility index (Phi) is 6.95. The molecular weight excluding hydrogens is 406 g/mol. The second-order valence-corrected chi connectivity index (χ2v) is 8.37. The summed E-state index contributed by atoms with van der Waals surface area (Å²) in [5.41, 5.74) is 2.85. The normalized spacial score (nSPS) is 19.0. The molecule has 2 aromatic carbocycles. The molecule has 170 valence electrons. The van der Waals surface area contributed by atoms with Crippen molar-refractivity contribution in [2.24, 2.45) is 0 Å². The lowest BCUT2D eigenvalue weighted by atomic mass is 9.99. The first-order valence-corrected chi connectivity index (χ1v) is 11.3. The lowest BCUT2D eigenvalue weighted by Crippen LogP contribution is -2.53. The summed E-state index contributed by atoms with van der Waals surface area (Å²) >= 11 is 0. The number of benzene rings is 2. The summed E-state index contributed by atoms with van der Waals surface area (Å²) in [6, 6.07) is 15.5. The van der Waals surface area contributed by atoms with Crippen LogP contribution in [0.3, 0.4) is 0 Å². The van der Waals surface area contributed by atoms with E-state index in [1.54, 1.807) is 4.90 Å². The average Bonchev–Trinajstić information content (AvgIpc) is 2.84. The number of anilines is 2. The van der Waals surface area contributed by atoms with Crippen molar-refractivity contribution in [1.82, 2.24) is 4.90 Å². The Morgan fingerprint density at radius 3 is 2.53 bits per heavy atom. The third-order valence-electron chi connectivity index (χ3n) is 6.17. The van der Waals surface area contributed by atoms with Crippen LogP contribution >= 0.6 is 0 Å². The van der Waals surface area contributed by atoms with Gasteiger partial charge in [0, 0.05) is 18.8 Å². The summed E-state index contributed by atoms with van der Waals surface area (Å²) in [7, 11) is 0. The predicted octanol–water partition coefficient (Wildman–Crippen LogP) is 3.27. The van der Waals surface area contributed by atoms with Crippen LogP contribution in [0.15, 0.2) is 48.5 Å². The van der Waals surface area contributed by atoms with E-state index in [1.807, 2.05) is 41.3 Å². The van der Waals surface area contributed by atoms with Gasteiger partial charge in [-0.1, -0.05) is 38.1 Å². The Balaban J connectivity index is 1.44. The monoisotopic (exact) mass is 437 g/mol. The van der Waals surface area contributed by atoms with Gasteiger partial charge in [0.15, 0.2) is 6.10 Å². The Labute approximate surface area is 189 Å². The van der Waals surface area contributed by atoms with E-state index < -0.39 is 6.10 Å².